The van der Waals surface area contributed by atoms with Crippen LogP contribution < -0.4 is 16.0 Å². The van der Waals surface area contributed by atoms with Gasteiger partial charge in [-0.05, 0) is 54.8 Å². The van der Waals surface area contributed by atoms with Crippen LogP contribution in [0.3, 0.4) is 0 Å². The molecule has 5 rings (SSSR count). The van der Waals surface area contributed by atoms with E-state index in [1.165, 1.54) is 36.3 Å². The molecule has 1 atom stereocenters. The van der Waals surface area contributed by atoms with E-state index in [0.29, 0.717) is 41.9 Å². The van der Waals surface area contributed by atoms with Gasteiger partial charge in [-0.25, -0.2) is 18.7 Å². The number of nitrogens with zero attached hydrogens (tertiary/aromatic N) is 3. The van der Waals surface area contributed by atoms with Crippen LogP contribution in [0.25, 0.3) is 16.8 Å². The molecule has 0 aliphatic carbocycles. The second kappa shape index (κ2) is 15.4. The number of amides is 3. The molecule has 2 bridgehead atoms. The number of pyridine rings is 1. The van der Waals surface area contributed by atoms with Crippen molar-refractivity contribution in [1.82, 2.24) is 20.1 Å². The van der Waals surface area contributed by atoms with Gasteiger partial charge in [0, 0.05) is 30.1 Å². The SMILES string of the molecule is COC(=O)Nc1ccc2c(c1)NC(=O)CCCC[C@H](NC(=O)c1cnn(-c3cccc(Cl)c3F)c1)c1cc-2ccn1.O=C(O)C(F)(F)F. The molecular weight excluding hydrogens is 664 g/mol. The summed E-state index contributed by atoms with van der Waals surface area (Å²) in [5.41, 5.74) is 3.45. The number of aliphatic carboxylic acids is 1. The zero-order valence-electron chi connectivity index (χ0n) is 25.0. The first-order valence-electron chi connectivity index (χ1n) is 14.1. The van der Waals surface area contributed by atoms with Crippen LogP contribution >= 0.6 is 11.6 Å². The molecule has 0 saturated heterocycles. The fraction of sp³-hybridized carbons (Fsp3) is 0.226. The lowest BCUT2D eigenvalue weighted by molar-refractivity contribution is -0.192. The molecule has 3 amide bonds. The van der Waals surface area contributed by atoms with Crippen LogP contribution in [0.1, 0.15) is 47.8 Å². The second-order valence-corrected chi connectivity index (χ2v) is 10.6. The Balaban J connectivity index is 0.000000671. The van der Waals surface area contributed by atoms with Gasteiger partial charge in [-0.15, -0.1) is 0 Å². The molecule has 17 heteroatoms. The van der Waals surface area contributed by atoms with Gasteiger partial charge in [0.25, 0.3) is 5.91 Å². The van der Waals surface area contributed by atoms with Gasteiger partial charge in [0.2, 0.25) is 5.91 Å². The van der Waals surface area contributed by atoms with Crippen molar-refractivity contribution in [3.05, 3.63) is 89.2 Å². The van der Waals surface area contributed by atoms with Gasteiger partial charge >= 0.3 is 18.2 Å². The number of carboxylic acids is 1. The Hall–Kier alpha value is -5.51. The van der Waals surface area contributed by atoms with Crippen molar-refractivity contribution in [2.24, 2.45) is 0 Å². The van der Waals surface area contributed by atoms with Crippen LogP contribution in [0, 0.1) is 5.82 Å². The van der Waals surface area contributed by atoms with Crippen molar-refractivity contribution in [1.29, 1.82) is 0 Å². The molecule has 12 nitrogen and oxygen atoms in total. The van der Waals surface area contributed by atoms with Gasteiger partial charge in [-0.3, -0.25) is 19.9 Å². The Morgan fingerprint density at radius 1 is 1.12 bits per heavy atom. The molecule has 0 fully saturated rings. The number of methoxy groups -OCH3 is 1. The standard InChI is InChI=1S/C29H26ClFN6O4.C2HF3O2/c1-41-29(40)34-19-9-10-20-17-11-12-32-24(13-17)22(6-2-3-8-26(38)35-23(20)14-19)36-28(39)18-15-33-37(16-18)25-7-4-5-21(30)27(25)31;3-2(4,5)1(6)7/h4-5,7,9-16,22H,2-3,6,8H2,1H3,(H,34,40)(H,35,38)(H,36,39);(H,6,7)/t22-;/m0./s1. The first-order valence-corrected chi connectivity index (χ1v) is 14.5. The van der Waals surface area contributed by atoms with E-state index in [0.717, 1.165) is 5.56 Å². The number of hydrogen-bond acceptors (Lipinski definition) is 7. The summed E-state index contributed by atoms with van der Waals surface area (Å²) in [6.45, 7) is 0. The summed E-state index contributed by atoms with van der Waals surface area (Å²) in [4.78, 5) is 51.1. The summed E-state index contributed by atoms with van der Waals surface area (Å²) in [6, 6.07) is 12.9. The average Bonchev–Trinajstić information content (AvgIpc) is 3.54. The number of rotatable bonds is 4. The minimum absolute atomic E-state index is 0.0469. The highest BCUT2D eigenvalue weighted by molar-refractivity contribution is 6.30. The lowest BCUT2D eigenvalue weighted by atomic mass is 9.98. The number of fused-ring (bicyclic) bond motifs is 4. The fourth-order valence-corrected chi connectivity index (χ4v) is 4.75. The molecule has 2 aromatic carbocycles. The highest BCUT2D eigenvalue weighted by atomic mass is 35.5. The maximum absolute atomic E-state index is 14.5. The Kier molecular flexibility index (Phi) is 11.3. The molecule has 3 heterocycles. The number of ether oxygens (including phenoxy) is 1. The van der Waals surface area contributed by atoms with E-state index in [4.69, 9.17) is 21.5 Å². The van der Waals surface area contributed by atoms with Gasteiger partial charge in [0.05, 0.1) is 41.3 Å². The predicted molar refractivity (Wildman–Crippen MR) is 165 cm³/mol. The van der Waals surface area contributed by atoms with Crippen molar-refractivity contribution in [2.45, 2.75) is 37.9 Å². The summed E-state index contributed by atoms with van der Waals surface area (Å²) in [5, 5.41) is 19.8. The highest BCUT2D eigenvalue weighted by Crippen LogP contribution is 2.33. The maximum Gasteiger partial charge on any atom is 0.490 e. The van der Waals surface area contributed by atoms with Crippen LogP contribution in [0.15, 0.2) is 67.1 Å². The number of halogens is 5. The molecule has 0 saturated carbocycles. The van der Waals surface area contributed by atoms with Crippen LogP contribution in [0.5, 0.6) is 0 Å². The smallest absolute Gasteiger partial charge is 0.475 e. The number of alkyl halides is 3. The van der Waals surface area contributed by atoms with Crippen molar-refractivity contribution in [3.8, 4) is 16.8 Å². The second-order valence-electron chi connectivity index (χ2n) is 10.2. The third kappa shape index (κ3) is 9.06. The molecular formula is C31H27ClF4N6O6. The van der Waals surface area contributed by atoms with Crippen LogP contribution in [0.4, 0.5) is 33.7 Å². The number of hydrogen-bond donors (Lipinski definition) is 4. The van der Waals surface area contributed by atoms with Crippen molar-refractivity contribution in [3.63, 3.8) is 0 Å². The molecule has 4 aromatic rings. The lowest BCUT2D eigenvalue weighted by Crippen LogP contribution is -2.29. The third-order valence-electron chi connectivity index (χ3n) is 6.89. The summed E-state index contributed by atoms with van der Waals surface area (Å²) < 4.78 is 52.1. The van der Waals surface area contributed by atoms with Crippen molar-refractivity contribution < 1.29 is 46.6 Å². The minimum Gasteiger partial charge on any atom is -0.475 e. The molecule has 0 unspecified atom stereocenters. The number of carboxylic acid groups (broad SMARTS) is 1. The maximum atomic E-state index is 14.5. The van der Waals surface area contributed by atoms with Gasteiger partial charge in [-0.2, -0.15) is 18.3 Å². The Morgan fingerprint density at radius 3 is 2.58 bits per heavy atom. The number of aromatic nitrogens is 3. The monoisotopic (exact) mass is 690 g/mol. The molecule has 0 radical (unpaired) electrons. The number of anilines is 2. The fourth-order valence-electron chi connectivity index (χ4n) is 4.58. The van der Waals surface area contributed by atoms with Gasteiger partial charge < -0.3 is 20.5 Å². The first kappa shape index (κ1) is 35.3. The van der Waals surface area contributed by atoms with Gasteiger partial charge in [0.1, 0.15) is 5.69 Å². The zero-order valence-corrected chi connectivity index (χ0v) is 25.7. The number of carbonyl (C=O) groups excluding carboxylic acids is 3. The third-order valence-corrected chi connectivity index (χ3v) is 7.18. The van der Waals surface area contributed by atoms with E-state index in [2.05, 4.69) is 30.8 Å². The van der Waals surface area contributed by atoms with E-state index in [9.17, 15) is 31.9 Å². The average molecular weight is 691 g/mol. The summed E-state index contributed by atoms with van der Waals surface area (Å²) in [6.07, 6.45) is 0.765. The van der Waals surface area contributed by atoms with Crippen molar-refractivity contribution in [2.75, 3.05) is 17.7 Å². The first-order chi connectivity index (χ1) is 22.8. The van der Waals surface area contributed by atoms with E-state index < -0.39 is 36.0 Å². The lowest BCUT2D eigenvalue weighted by Gasteiger charge is -2.21. The Morgan fingerprint density at radius 2 is 1.88 bits per heavy atom. The van der Waals surface area contributed by atoms with Crippen molar-refractivity contribution >= 4 is 46.9 Å². The molecule has 1 aliphatic rings. The normalized spacial score (nSPS) is 14.5. The number of carbonyl (C=O) groups is 4. The Bertz CT molecular complexity index is 1830. The summed E-state index contributed by atoms with van der Waals surface area (Å²) >= 11 is 5.89. The molecule has 252 valence electrons. The zero-order chi connectivity index (χ0) is 35.0. The van der Waals surface area contributed by atoms with Crippen LogP contribution in [-0.4, -0.2) is 57.0 Å². The predicted octanol–water partition coefficient (Wildman–Crippen LogP) is 6.52. The topological polar surface area (TPSA) is 165 Å². The highest BCUT2D eigenvalue weighted by Gasteiger charge is 2.38. The molecule has 1 aliphatic heterocycles. The molecule has 48 heavy (non-hydrogen) atoms. The number of nitrogens with one attached hydrogen (secondary N) is 3. The summed E-state index contributed by atoms with van der Waals surface area (Å²) in [5.74, 6) is -3.97. The largest absolute Gasteiger partial charge is 0.490 e. The van der Waals surface area contributed by atoms with Gasteiger partial charge in [-0.1, -0.05) is 30.2 Å². The number of benzene rings is 2. The van der Waals surface area contributed by atoms with E-state index in [1.54, 1.807) is 36.5 Å². The quantitative estimate of drug-likeness (QED) is 0.176. The van der Waals surface area contributed by atoms with Crippen LogP contribution in [-0.2, 0) is 14.3 Å². The molecule has 0 spiro atoms. The van der Waals surface area contributed by atoms with E-state index in [-0.39, 0.29) is 28.6 Å². The van der Waals surface area contributed by atoms with E-state index in [1.807, 2.05) is 6.07 Å². The molecule has 4 N–H and O–H groups in total. The van der Waals surface area contributed by atoms with Crippen LogP contribution in [0.2, 0.25) is 5.02 Å². The molecule has 2 aromatic heterocycles. The van der Waals surface area contributed by atoms with Gasteiger partial charge in [0.15, 0.2) is 5.82 Å². The Labute approximate surface area is 275 Å². The van der Waals surface area contributed by atoms with E-state index >= 15 is 0 Å². The summed E-state index contributed by atoms with van der Waals surface area (Å²) in [7, 11) is 1.27. The minimum atomic E-state index is -5.08.